The van der Waals surface area contributed by atoms with E-state index in [1.165, 1.54) is 38.5 Å². The van der Waals surface area contributed by atoms with Crippen molar-refractivity contribution >= 4 is 23.5 Å². The highest BCUT2D eigenvalue weighted by molar-refractivity contribution is 6.33. The van der Waals surface area contributed by atoms with Crippen molar-refractivity contribution in [1.82, 2.24) is 5.32 Å². The van der Waals surface area contributed by atoms with Crippen LogP contribution in [0.2, 0.25) is 5.02 Å². The van der Waals surface area contributed by atoms with Crippen molar-refractivity contribution in [2.45, 2.75) is 64.7 Å². The van der Waals surface area contributed by atoms with E-state index in [-0.39, 0.29) is 24.8 Å². The van der Waals surface area contributed by atoms with Crippen molar-refractivity contribution in [2.75, 3.05) is 13.2 Å². The average molecular weight is 368 g/mol. The predicted molar refractivity (Wildman–Crippen MR) is 102 cm³/mol. The summed E-state index contributed by atoms with van der Waals surface area (Å²) in [7, 11) is 0. The maximum absolute atomic E-state index is 11.9. The number of esters is 1. The average Bonchev–Trinajstić information content (AvgIpc) is 2.60. The molecule has 1 rings (SSSR count). The fraction of sp³-hybridized carbons (Fsp3) is 0.600. The second-order valence-electron chi connectivity index (χ2n) is 6.18. The molecule has 0 spiro atoms. The van der Waals surface area contributed by atoms with E-state index in [2.05, 4.69) is 12.2 Å². The number of ether oxygens (including phenoxy) is 1. The lowest BCUT2D eigenvalue weighted by molar-refractivity contribution is -0.143. The second kappa shape index (κ2) is 13.7. The predicted octanol–water partition coefficient (Wildman–Crippen LogP) is 5.14. The maximum Gasteiger partial charge on any atom is 0.307 e. The number of benzene rings is 1. The highest BCUT2D eigenvalue weighted by Crippen LogP contribution is 2.14. The molecule has 5 heteroatoms. The quantitative estimate of drug-likeness (QED) is 0.387. The smallest absolute Gasteiger partial charge is 0.307 e. The first-order valence-electron chi connectivity index (χ1n) is 9.33. The Morgan fingerprint density at radius 1 is 1.00 bits per heavy atom. The minimum atomic E-state index is -0.276. The molecular formula is C20H30ClNO3. The van der Waals surface area contributed by atoms with E-state index >= 15 is 0 Å². The van der Waals surface area contributed by atoms with Crippen molar-refractivity contribution < 1.29 is 14.3 Å². The van der Waals surface area contributed by atoms with Gasteiger partial charge in [-0.15, -0.1) is 0 Å². The van der Waals surface area contributed by atoms with Gasteiger partial charge in [0.1, 0.15) is 0 Å². The number of carbonyl (C=O) groups is 2. The van der Waals surface area contributed by atoms with Crippen LogP contribution in [0.15, 0.2) is 24.3 Å². The van der Waals surface area contributed by atoms with Gasteiger partial charge in [-0.3, -0.25) is 9.59 Å². The van der Waals surface area contributed by atoms with Gasteiger partial charge in [-0.05, 0) is 18.6 Å². The van der Waals surface area contributed by atoms with E-state index < -0.39 is 0 Å². The zero-order valence-electron chi connectivity index (χ0n) is 15.2. The Balaban J connectivity index is 2.00. The van der Waals surface area contributed by atoms with Crippen LogP contribution in [0.5, 0.6) is 0 Å². The molecule has 0 saturated carbocycles. The highest BCUT2D eigenvalue weighted by atomic mass is 35.5. The number of halogens is 1. The van der Waals surface area contributed by atoms with Gasteiger partial charge in [-0.1, -0.05) is 75.6 Å². The molecule has 0 saturated heterocycles. The number of hydrogen-bond donors (Lipinski definition) is 1. The summed E-state index contributed by atoms with van der Waals surface area (Å²) >= 11 is 5.95. The molecule has 0 unspecified atom stereocenters. The lowest BCUT2D eigenvalue weighted by Crippen LogP contribution is -2.26. The molecule has 0 aliphatic heterocycles. The summed E-state index contributed by atoms with van der Waals surface area (Å²) in [5.74, 6) is -0.552. The number of nitrogens with one attached hydrogen (secondary N) is 1. The van der Waals surface area contributed by atoms with Gasteiger partial charge in [-0.2, -0.15) is 0 Å². The third kappa shape index (κ3) is 10.1. The molecule has 0 fully saturated rings. The van der Waals surface area contributed by atoms with Gasteiger partial charge < -0.3 is 10.1 Å². The van der Waals surface area contributed by atoms with Crippen molar-refractivity contribution in [3.8, 4) is 0 Å². The fourth-order valence-electron chi connectivity index (χ4n) is 2.51. The number of hydrogen-bond acceptors (Lipinski definition) is 3. The molecule has 4 nitrogen and oxygen atoms in total. The molecule has 0 heterocycles. The lowest BCUT2D eigenvalue weighted by atomic mass is 10.1. The molecular weight excluding hydrogens is 338 g/mol. The summed E-state index contributed by atoms with van der Waals surface area (Å²) < 4.78 is 5.18. The van der Waals surface area contributed by atoms with Crippen LogP contribution in [0, 0.1) is 0 Å². The van der Waals surface area contributed by atoms with Crippen molar-refractivity contribution in [2.24, 2.45) is 0 Å². The summed E-state index contributed by atoms with van der Waals surface area (Å²) in [5.41, 5.74) is 0.413. The SMILES string of the molecule is CCCCCCCCCCOC(=O)CCNC(=O)c1ccccc1Cl. The largest absolute Gasteiger partial charge is 0.466 e. The second-order valence-corrected chi connectivity index (χ2v) is 6.59. The van der Waals surface area contributed by atoms with Crippen LogP contribution >= 0.6 is 11.6 Å². The molecule has 0 aliphatic carbocycles. The number of rotatable bonds is 13. The monoisotopic (exact) mass is 367 g/mol. The molecule has 1 aromatic carbocycles. The third-order valence-corrected chi connectivity index (χ3v) is 4.32. The Kier molecular flexibility index (Phi) is 11.8. The number of amides is 1. The molecule has 0 aliphatic rings. The van der Waals surface area contributed by atoms with Crippen molar-refractivity contribution in [1.29, 1.82) is 0 Å². The van der Waals surface area contributed by atoms with Gasteiger partial charge in [0.25, 0.3) is 5.91 Å². The van der Waals surface area contributed by atoms with E-state index in [9.17, 15) is 9.59 Å². The van der Waals surface area contributed by atoms with E-state index in [0.717, 1.165) is 12.8 Å². The van der Waals surface area contributed by atoms with Crippen LogP contribution < -0.4 is 5.32 Å². The van der Waals surface area contributed by atoms with Gasteiger partial charge in [0.15, 0.2) is 0 Å². The molecule has 0 atom stereocenters. The van der Waals surface area contributed by atoms with Crippen LogP contribution in [0.25, 0.3) is 0 Å². The molecule has 1 N–H and O–H groups in total. The first-order valence-corrected chi connectivity index (χ1v) is 9.71. The van der Waals surface area contributed by atoms with Crippen LogP contribution in [0.1, 0.15) is 75.1 Å². The van der Waals surface area contributed by atoms with Crippen LogP contribution in [-0.4, -0.2) is 25.0 Å². The van der Waals surface area contributed by atoms with Gasteiger partial charge in [0, 0.05) is 6.54 Å². The molecule has 1 amide bonds. The molecule has 1 aromatic rings. The number of unbranched alkanes of at least 4 members (excludes halogenated alkanes) is 7. The normalized spacial score (nSPS) is 10.5. The Bertz CT molecular complexity index is 519. The van der Waals surface area contributed by atoms with Gasteiger partial charge in [-0.25, -0.2) is 0 Å². The summed E-state index contributed by atoms with van der Waals surface area (Å²) in [6.07, 6.45) is 9.88. The first-order chi connectivity index (χ1) is 12.1. The van der Waals surface area contributed by atoms with Gasteiger partial charge in [0.05, 0.1) is 23.6 Å². The molecule has 140 valence electrons. The van der Waals surface area contributed by atoms with Gasteiger partial charge >= 0.3 is 5.97 Å². The lowest BCUT2D eigenvalue weighted by Gasteiger charge is -2.07. The number of carbonyl (C=O) groups excluding carboxylic acids is 2. The summed E-state index contributed by atoms with van der Waals surface area (Å²) in [6.45, 7) is 2.93. The Labute approximate surface area is 156 Å². The topological polar surface area (TPSA) is 55.4 Å². The zero-order valence-corrected chi connectivity index (χ0v) is 15.9. The fourth-order valence-corrected chi connectivity index (χ4v) is 2.73. The summed E-state index contributed by atoms with van der Waals surface area (Å²) in [6, 6.07) is 6.83. The van der Waals surface area contributed by atoms with E-state index in [1.807, 2.05) is 0 Å². The molecule has 0 aromatic heterocycles. The van der Waals surface area contributed by atoms with Crippen LogP contribution in [-0.2, 0) is 9.53 Å². The van der Waals surface area contributed by atoms with E-state index in [0.29, 0.717) is 17.2 Å². The third-order valence-electron chi connectivity index (χ3n) is 3.99. The van der Waals surface area contributed by atoms with Crippen LogP contribution in [0.3, 0.4) is 0 Å². The standard InChI is InChI=1S/C20H30ClNO3/c1-2-3-4-5-6-7-8-11-16-25-19(23)14-15-22-20(24)17-12-9-10-13-18(17)21/h9-10,12-13H,2-8,11,14-16H2,1H3,(H,22,24). The van der Waals surface area contributed by atoms with Gasteiger partial charge in [0.2, 0.25) is 0 Å². The Morgan fingerprint density at radius 3 is 2.32 bits per heavy atom. The first kappa shape index (κ1) is 21.5. The zero-order chi connectivity index (χ0) is 18.3. The maximum atomic E-state index is 11.9. The van der Waals surface area contributed by atoms with Crippen molar-refractivity contribution in [3.63, 3.8) is 0 Å². The van der Waals surface area contributed by atoms with E-state index in [1.54, 1.807) is 24.3 Å². The van der Waals surface area contributed by atoms with Crippen molar-refractivity contribution in [3.05, 3.63) is 34.9 Å². The molecule has 25 heavy (non-hydrogen) atoms. The highest BCUT2D eigenvalue weighted by Gasteiger charge is 2.10. The summed E-state index contributed by atoms with van der Waals surface area (Å²) in [5, 5.41) is 3.08. The molecule has 0 bridgehead atoms. The summed E-state index contributed by atoms with van der Waals surface area (Å²) in [4.78, 5) is 23.6. The van der Waals surface area contributed by atoms with Crippen LogP contribution in [0.4, 0.5) is 0 Å². The molecule has 0 radical (unpaired) electrons. The Hall–Kier alpha value is -1.55. The Morgan fingerprint density at radius 2 is 1.64 bits per heavy atom. The van der Waals surface area contributed by atoms with E-state index in [4.69, 9.17) is 16.3 Å². The minimum Gasteiger partial charge on any atom is -0.466 e. The minimum absolute atomic E-state index is 0.174.